The van der Waals surface area contributed by atoms with Crippen LogP contribution in [0.1, 0.15) is 40.0 Å². The molecule has 2 N–H and O–H groups in total. The van der Waals surface area contributed by atoms with Gasteiger partial charge in [-0.2, -0.15) is 0 Å². The molecule has 0 heterocycles. The minimum absolute atomic E-state index is 0.340. The smallest absolute Gasteiger partial charge is 0.00540 e. The molecule has 0 aromatic carbocycles. The highest BCUT2D eigenvalue weighted by atomic mass is 15.1. The molecule has 0 aliphatic rings. The van der Waals surface area contributed by atoms with E-state index in [0.717, 1.165) is 38.9 Å². The van der Waals surface area contributed by atoms with Crippen molar-refractivity contribution in [3.8, 4) is 0 Å². The summed E-state index contributed by atoms with van der Waals surface area (Å²) >= 11 is 0. The van der Waals surface area contributed by atoms with Gasteiger partial charge >= 0.3 is 0 Å². The minimum atomic E-state index is 0.340. The average Bonchev–Trinajstić information content (AvgIpc) is 2.16. The number of hydrogen-bond acceptors (Lipinski definition) is 2. The van der Waals surface area contributed by atoms with Gasteiger partial charge in [-0.1, -0.05) is 19.4 Å². The maximum Gasteiger partial charge on any atom is 0.00540 e. The van der Waals surface area contributed by atoms with E-state index in [2.05, 4.69) is 32.3 Å². The molecule has 2 heteroatoms. The first-order valence-corrected chi connectivity index (χ1v) is 5.72. The standard InChI is InChI=1S/C12H26N2/c1-5-14(6-2)10-9-12(13)8-7-11(3)4/h12H,3,5-10,13H2,1-2,4H3. The topological polar surface area (TPSA) is 29.3 Å². The molecule has 0 aromatic rings. The van der Waals surface area contributed by atoms with Gasteiger partial charge in [0.15, 0.2) is 0 Å². The molecule has 0 aliphatic carbocycles. The Balaban J connectivity index is 3.51. The molecular formula is C12H26N2. The fourth-order valence-electron chi connectivity index (χ4n) is 1.46. The van der Waals surface area contributed by atoms with Gasteiger partial charge in [-0.15, -0.1) is 6.58 Å². The number of nitrogens with zero attached hydrogens (tertiary/aromatic N) is 1. The zero-order chi connectivity index (χ0) is 11.0. The van der Waals surface area contributed by atoms with Crippen molar-refractivity contribution in [2.45, 2.75) is 46.1 Å². The predicted molar refractivity (Wildman–Crippen MR) is 64.4 cm³/mol. The van der Waals surface area contributed by atoms with Gasteiger partial charge in [0.2, 0.25) is 0 Å². The first-order chi connectivity index (χ1) is 6.60. The van der Waals surface area contributed by atoms with Crippen molar-refractivity contribution in [2.75, 3.05) is 19.6 Å². The number of nitrogens with two attached hydrogens (primary N) is 1. The molecule has 0 amide bonds. The summed E-state index contributed by atoms with van der Waals surface area (Å²) in [4.78, 5) is 2.42. The van der Waals surface area contributed by atoms with Gasteiger partial charge in [-0.05, 0) is 45.8 Å². The highest BCUT2D eigenvalue weighted by molar-refractivity contribution is 4.88. The van der Waals surface area contributed by atoms with E-state index in [9.17, 15) is 0 Å². The van der Waals surface area contributed by atoms with Crippen LogP contribution in [0.4, 0.5) is 0 Å². The second-order valence-corrected chi connectivity index (χ2v) is 4.07. The lowest BCUT2D eigenvalue weighted by Gasteiger charge is -2.20. The monoisotopic (exact) mass is 198 g/mol. The Morgan fingerprint density at radius 3 is 2.29 bits per heavy atom. The Bertz CT molecular complexity index is 150. The SMILES string of the molecule is C=C(C)CCC(N)CCN(CC)CC. The van der Waals surface area contributed by atoms with E-state index in [4.69, 9.17) is 5.73 Å². The fraction of sp³-hybridized carbons (Fsp3) is 0.833. The Morgan fingerprint density at radius 1 is 1.29 bits per heavy atom. The number of allylic oxidation sites excluding steroid dienone is 1. The maximum atomic E-state index is 6.01. The van der Waals surface area contributed by atoms with Crippen molar-refractivity contribution in [1.82, 2.24) is 4.90 Å². The maximum absolute atomic E-state index is 6.01. The van der Waals surface area contributed by atoms with E-state index in [0.29, 0.717) is 6.04 Å². The second kappa shape index (κ2) is 8.01. The fourth-order valence-corrected chi connectivity index (χ4v) is 1.46. The molecule has 0 saturated carbocycles. The normalized spacial score (nSPS) is 13.2. The van der Waals surface area contributed by atoms with E-state index in [1.165, 1.54) is 5.57 Å². The van der Waals surface area contributed by atoms with Crippen molar-refractivity contribution in [3.05, 3.63) is 12.2 Å². The molecular weight excluding hydrogens is 172 g/mol. The third-order valence-electron chi connectivity index (χ3n) is 2.65. The quantitative estimate of drug-likeness (QED) is 0.607. The number of rotatable bonds is 8. The van der Waals surface area contributed by atoms with Crippen LogP contribution in [0.5, 0.6) is 0 Å². The van der Waals surface area contributed by atoms with E-state index >= 15 is 0 Å². The predicted octanol–water partition coefficient (Wildman–Crippen LogP) is 2.40. The van der Waals surface area contributed by atoms with Gasteiger partial charge < -0.3 is 10.6 Å². The number of hydrogen-bond donors (Lipinski definition) is 1. The lowest BCUT2D eigenvalue weighted by molar-refractivity contribution is 0.288. The van der Waals surface area contributed by atoms with Gasteiger partial charge in [0, 0.05) is 6.04 Å². The molecule has 0 saturated heterocycles. The van der Waals surface area contributed by atoms with Gasteiger partial charge in [0.25, 0.3) is 0 Å². The van der Waals surface area contributed by atoms with Crippen LogP contribution in [0.3, 0.4) is 0 Å². The zero-order valence-electron chi connectivity index (χ0n) is 10.1. The third kappa shape index (κ3) is 7.10. The average molecular weight is 198 g/mol. The minimum Gasteiger partial charge on any atom is -0.328 e. The van der Waals surface area contributed by atoms with Crippen molar-refractivity contribution < 1.29 is 0 Å². The van der Waals surface area contributed by atoms with E-state index in [1.807, 2.05) is 0 Å². The summed E-state index contributed by atoms with van der Waals surface area (Å²) in [6.45, 7) is 13.7. The van der Waals surface area contributed by atoms with Crippen LogP contribution in [0.2, 0.25) is 0 Å². The Kier molecular flexibility index (Phi) is 7.81. The highest BCUT2D eigenvalue weighted by Gasteiger charge is 2.05. The Hall–Kier alpha value is -0.340. The summed E-state index contributed by atoms with van der Waals surface area (Å²) in [5, 5.41) is 0. The summed E-state index contributed by atoms with van der Waals surface area (Å²) in [6, 6.07) is 0.340. The molecule has 84 valence electrons. The van der Waals surface area contributed by atoms with Crippen molar-refractivity contribution >= 4 is 0 Å². The largest absolute Gasteiger partial charge is 0.328 e. The van der Waals surface area contributed by atoms with Gasteiger partial charge in [-0.3, -0.25) is 0 Å². The molecule has 0 aromatic heterocycles. The molecule has 0 spiro atoms. The zero-order valence-corrected chi connectivity index (χ0v) is 10.1. The summed E-state index contributed by atoms with van der Waals surface area (Å²) in [7, 11) is 0. The van der Waals surface area contributed by atoms with Crippen LogP contribution in [0, 0.1) is 0 Å². The molecule has 1 atom stereocenters. The van der Waals surface area contributed by atoms with E-state index < -0.39 is 0 Å². The molecule has 2 nitrogen and oxygen atoms in total. The molecule has 0 rings (SSSR count). The van der Waals surface area contributed by atoms with Crippen LogP contribution in [-0.4, -0.2) is 30.6 Å². The van der Waals surface area contributed by atoms with Gasteiger partial charge in [-0.25, -0.2) is 0 Å². The van der Waals surface area contributed by atoms with E-state index in [1.54, 1.807) is 0 Å². The Labute approximate surface area is 89.2 Å². The molecule has 1 unspecified atom stereocenters. The van der Waals surface area contributed by atoms with Crippen LogP contribution in [0.25, 0.3) is 0 Å². The highest BCUT2D eigenvalue weighted by Crippen LogP contribution is 2.06. The van der Waals surface area contributed by atoms with Crippen LogP contribution in [0.15, 0.2) is 12.2 Å². The first kappa shape index (κ1) is 13.7. The lowest BCUT2D eigenvalue weighted by atomic mass is 10.1. The molecule has 0 aliphatic heterocycles. The molecule has 14 heavy (non-hydrogen) atoms. The third-order valence-corrected chi connectivity index (χ3v) is 2.65. The summed E-state index contributed by atoms with van der Waals surface area (Å²) in [6.07, 6.45) is 3.25. The Morgan fingerprint density at radius 2 is 1.86 bits per heavy atom. The van der Waals surface area contributed by atoms with Crippen LogP contribution in [-0.2, 0) is 0 Å². The van der Waals surface area contributed by atoms with E-state index in [-0.39, 0.29) is 0 Å². The first-order valence-electron chi connectivity index (χ1n) is 5.72. The van der Waals surface area contributed by atoms with Crippen LogP contribution < -0.4 is 5.73 Å². The molecule has 0 fully saturated rings. The van der Waals surface area contributed by atoms with Crippen molar-refractivity contribution in [2.24, 2.45) is 5.73 Å². The lowest BCUT2D eigenvalue weighted by Crippen LogP contribution is -2.30. The van der Waals surface area contributed by atoms with Gasteiger partial charge in [0.1, 0.15) is 0 Å². The van der Waals surface area contributed by atoms with Crippen molar-refractivity contribution in [3.63, 3.8) is 0 Å². The molecule has 0 bridgehead atoms. The molecule has 0 radical (unpaired) electrons. The van der Waals surface area contributed by atoms with Crippen molar-refractivity contribution in [1.29, 1.82) is 0 Å². The van der Waals surface area contributed by atoms with Gasteiger partial charge in [0.05, 0.1) is 0 Å². The second-order valence-electron chi connectivity index (χ2n) is 4.07. The summed E-state index contributed by atoms with van der Waals surface area (Å²) < 4.78 is 0. The summed E-state index contributed by atoms with van der Waals surface area (Å²) in [5.41, 5.74) is 7.25. The van der Waals surface area contributed by atoms with Crippen LogP contribution >= 0.6 is 0 Å². The summed E-state index contributed by atoms with van der Waals surface area (Å²) in [5.74, 6) is 0.